The molecule has 2 aliphatic rings. The van der Waals surface area contributed by atoms with Gasteiger partial charge in [0.15, 0.2) is 10.0 Å². The van der Waals surface area contributed by atoms with Crippen molar-refractivity contribution in [3.05, 3.63) is 88.7 Å². The minimum atomic E-state index is -0.578. The lowest BCUT2D eigenvalue weighted by Crippen LogP contribution is -2.37. The lowest BCUT2D eigenvalue weighted by atomic mass is 9.91. The molecule has 2 aromatic heterocycles. The number of fused-ring (bicyclic) bond motifs is 2. The number of amides is 2. The SMILES string of the molecule is NC(=O)c1nc2c(s1)C(c1cccc(-c3cccc(C4c5sc(C(N)=O)nc5CCN4CCO)c3Cl)c1Cl)N(CCO)CC2. The van der Waals surface area contributed by atoms with Crippen molar-refractivity contribution in [1.82, 2.24) is 19.8 Å². The molecular weight excluding hydrogens is 643 g/mol. The van der Waals surface area contributed by atoms with Crippen LogP contribution in [0.5, 0.6) is 0 Å². The van der Waals surface area contributed by atoms with E-state index in [-0.39, 0.29) is 35.3 Å². The second-order valence-corrected chi connectivity index (χ2v) is 13.4. The number of aromatic nitrogens is 2. The van der Waals surface area contributed by atoms with Crippen LogP contribution in [0.25, 0.3) is 11.1 Å². The van der Waals surface area contributed by atoms with Crippen molar-refractivity contribution in [1.29, 1.82) is 0 Å². The summed E-state index contributed by atoms with van der Waals surface area (Å²) in [5.74, 6) is -1.16. The van der Waals surface area contributed by atoms with Crippen LogP contribution in [0.2, 0.25) is 10.0 Å². The number of carbonyl (C=O) groups is 2. The van der Waals surface area contributed by atoms with E-state index in [9.17, 15) is 19.8 Å². The Morgan fingerprint density at radius 3 is 1.55 bits per heavy atom. The molecule has 6 N–H and O–H groups in total. The molecule has 0 spiro atoms. The summed E-state index contributed by atoms with van der Waals surface area (Å²) in [6.07, 6.45) is 1.26. The van der Waals surface area contributed by atoms with Gasteiger partial charge in [-0.2, -0.15) is 0 Å². The smallest absolute Gasteiger partial charge is 0.277 e. The number of rotatable bonds is 9. The summed E-state index contributed by atoms with van der Waals surface area (Å²) in [4.78, 5) is 39.0. The number of hydrogen-bond acceptors (Lipinski definition) is 10. The van der Waals surface area contributed by atoms with Gasteiger partial charge in [0.2, 0.25) is 0 Å². The largest absolute Gasteiger partial charge is 0.395 e. The van der Waals surface area contributed by atoms with Gasteiger partial charge in [0, 0.05) is 50.1 Å². The quantitative estimate of drug-likeness (QED) is 0.210. The van der Waals surface area contributed by atoms with E-state index >= 15 is 0 Å². The zero-order valence-electron chi connectivity index (χ0n) is 23.5. The minimum absolute atomic E-state index is 0.0404. The molecular formula is C30H30Cl2N6O4S2. The van der Waals surface area contributed by atoms with Crippen LogP contribution in [-0.2, 0) is 12.8 Å². The van der Waals surface area contributed by atoms with Gasteiger partial charge in [-0.05, 0) is 11.1 Å². The summed E-state index contributed by atoms with van der Waals surface area (Å²) in [7, 11) is 0. The fourth-order valence-corrected chi connectivity index (χ4v) is 9.06. The number of aliphatic hydroxyl groups is 2. The number of halogens is 2. The third-order valence-electron chi connectivity index (χ3n) is 8.09. The molecule has 2 atom stereocenters. The van der Waals surface area contributed by atoms with E-state index < -0.39 is 11.8 Å². The van der Waals surface area contributed by atoms with Crippen LogP contribution in [0.4, 0.5) is 0 Å². The van der Waals surface area contributed by atoms with Crippen molar-refractivity contribution in [3.8, 4) is 11.1 Å². The average molecular weight is 674 g/mol. The monoisotopic (exact) mass is 672 g/mol. The Labute approximate surface area is 271 Å². The van der Waals surface area contributed by atoms with E-state index in [1.54, 1.807) is 0 Å². The van der Waals surface area contributed by atoms with E-state index in [1.165, 1.54) is 22.7 Å². The molecule has 2 aromatic carbocycles. The molecule has 6 rings (SSSR count). The maximum absolute atomic E-state index is 12.0. The normalized spacial score (nSPS) is 18.6. The standard InChI is InChI=1S/C30H30Cl2N6O4S2/c31-21-15(3-1-5-17(21)23-25-19(7-9-37(23)11-13-39)35-29(43-25)27(33)41)16-4-2-6-18(22(16)32)24-26-20(8-10-38(24)12-14-40)36-30(44-26)28(34)42/h1-6,23-24,39-40H,7-14H2,(H2,33,41)(H2,34,42). The van der Waals surface area contributed by atoms with E-state index in [1.807, 2.05) is 36.4 Å². The Morgan fingerprint density at radius 2 is 1.18 bits per heavy atom. The third kappa shape index (κ3) is 5.54. The van der Waals surface area contributed by atoms with Gasteiger partial charge in [-0.3, -0.25) is 19.4 Å². The summed E-state index contributed by atoms with van der Waals surface area (Å²) in [5.41, 5.74) is 15.8. The first-order valence-corrected chi connectivity index (χ1v) is 16.5. The number of primary amides is 2. The van der Waals surface area contributed by atoms with Crippen LogP contribution in [0.1, 0.15) is 64.0 Å². The maximum Gasteiger partial charge on any atom is 0.277 e. The Balaban J connectivity index is 1.46. The summed E-state index contributed by atoms with van der Waals surface area (Å²) in [6.45, 7) is 2.01. The zero-order chi connectivity index (χ0) is 31.1. The first-order chi connectivity index (χ1) is 21.2. The summed E-state index contributed by atoms with van der Waals surface area (Å²) in [6, 6.07) is 10.9. The highest BCUT2D eigenvalue weighted by molar-refractivity contribution is 7.14. The molecule has 44 heavy (non-hydrogen) atoms. The molecule has 0 fully saturated rings. The molecule has 2 unspecified atom stereocenters. The predicted molar refractivity (Wildman–Crippen MR) is 172 cm³/mol. The zero-order valence-corrected chi connectivity index (χ0v) is 26.6. The Hall–Kier alpha value is -2.94. The molecule has 230 valence electrons. The maximum atomic E-state index is 12.0. The van der Waals surface area contributed by atoms with Crippen LogP contribution in [-0.4, -0.2) is 81.2 Å². The van der Waals surface area contributed by atoms with Gasteiger partial charge in [0.1, 0.15) is 0 Å². The molecule has 4 heterocycles. The summed E-state index contributed by atoms with van der Waals surface area (Å²) in [5, 5.41) is 21.2. The van der Waals surface area contributed by atoms with Gasteiger partial charge >= 0.3 is 0 Å². The molecule has 10 nitrogen and oxygen atoms in total. The second-order valence-electron chi connectivity index (χ2n) is 10.6. The van der Waals surface area contributed by atoms with Crippen LogP contribution in [0.15, 0.2) is 36.4 Å². The topological polar surface area (TPSA) is 159 Å². The number of thiazole rings is 2. The van der Waals surface area contributed by atoms with Crippen molar-refractivity contribution >= 4 is 57.7 Å². The first kappa shape index (κ1) is 31.1. The Morgan fingerprint density at radius 1 is 0.773 bits per heavy atom. The van der Waals surface area contributed by atoms with E-state index in [4.69, 9.17) is 34.7 Å². The highest BCUT2D eigenvalue weighted by Gasteiger charge is 2.36. The van der Waals surface area contributed by atoms with Gasteiger partial charge in [-0.1, -0.05) is 59.6 Å². The summed E-state index contributed by atoms with van der Waals surface area (Å²) >= 11 is 17.0. The molecule has 14 heteroatoms. The van der Waals surface area contributed by atoms with Crippen LogP contribution >= 0.6 is 45.9 Å². The van der Waals surface area contributed by atoms with Gasteiger partial charge in [-0.15, -0.1) is 22.7 Å². The van der Waals surface area contributed by atoms with Gasteiger partial charge in [-0.25, -0.2) is 9.97 Å². The van der Waals surface area contributed by atoms with Crippen LogP contribution in [0, 0.1) is 0 Å². The number of nitrogens with two attached hydrogens (primary N) is 2. The van der Waals surface area contributed by atoms with E-state index in [0.29, 0.717) is 49.1 Å². The molecule has 0 saturated heterocycles. The Bertz CT molecular complexity index is 1620. The minimum Gasteiger partial charge on any atom is -0.395 e. The molecule has 4 aromatic rings. The molecule has 0 saturated carbocycles. The van der Waals surface area contributed by atoms with E-state index in [0.717, 1.165) is 43.4 Å². The summed E-state index contributed by atoms with van der Waals surface area (Å²) < 4.78 is 0. The van der Waals surface area contributed by atoms with Crippen molar-refractivity contribution in [2.45, 2.75) is 24.9 Å². The predicted octanol–water partition coefficient (Wildman–Crippen LogP) is 3.65. The molecule has 0 bridgehead atoms. The molecule has 2 aliphatic heterocycles. The second kappa shape index (κ2) is 12.8. The fraction of sp³-hybridized carbons (Fsp3) is 0.333. The molecule has 0 radical (unpaired) electrons. The average Bonchev–Trinajstić information content (AvgIpc) is 3.64. The van der Waals surface area contributed by atoms with Gasteiger partial charge in [0.05, 0.1) is 56.5 Å². The number of nitrogens with zero attached hydrogens (tertiary/aromatic N) is 4. The fourth-order valence-electron chi connectivity index (χ4n) is 6.16. The van der Waals surface area contributed by atoms with Crippen molar-refractivity contribution in [2.24, 2.45) is 11.5 Å². The number of hydrogen-bond donors (Lipinski definition) is 4. The van der Waals surface area contributed by atoms with Crippen molar-refractivity contribution < 1.29 is 19.8 Å². The number of benzene rings is 2. The van der Waals surface area contributed by atoms with Crippen LogP contribution in [0.3, 0.4) is 0 Å². The van der Waals surface area contributed by atoms with Gasteiger partial charge in [0.25, 0.3) is 11.8 Å². The number of aliphatic hydroxyl groups excluding tert-OH is 2. The first-order valence-electron chi connectivity index (χ1n) is 14.1. The highest BCUT2D eigenvalue weighted by atomic mass is 35.5. The number of β-amino-alcohol motifs (C(OH)–C–C–N with tert-alkyl or cyclic N) is 2. The van der Waals surface area contributed by atoms with E-state index in [2.05, 4.69) is 19.8 Å². The lowest BCUT2D eigenvalue weighted by Gasteiger charge is -2.36. The highest BCUT2D eigenvalue weighted by Crippen LogP contribution is 2.47. The lowest BCUT2D eigenvalue weighted by molar-refractivity contribution is 0.0991. The third-order valence-corrected chi connectivity index (χ3v) is 11.3. The van der Waals surface area contributed by atoms with Crippen molar-refractivity contribution in [3.63, 3.8) is 0 Å². The van der Waals surface area contributed by atoms with Crippen LogP contribution < -0.4 is 11.5 Å². The Kier molecular flexibility index (Phi) is 9.05. The number of carbonyl (C=O) groups excluding carboxylic acids is 2. The van der Waals surface area contributed by atoms with Crippen molar-refractivity contribution in [2.75, 3.05) is 39.4 Å². The van der Waals surface area contributed by atoms with Gasteiger partial charge < -0.3 is 21.7 Å². The molecule has 0 aliphatic carbocycles. The molecule has 2 amide bonds.